The van der Waals surface area contributed by atoms with Gasteiger partial charge in [0, 0.05) is 17.3 Å². The van der Waals surface area contributed by atoms with Crippen molar-refractivity contribution in [2.24, 2.45) is 5.73 Å². The standard InChI is InChI=1S/C14H15N3O/c15-14(6-2-7-14)13(18)17-11-4-5-12-10(9-11)3-1-8-16-12/h1,3-5,8-9H,2,6-7,15H2,(H,17,18). The van der Waals surface area contributed by atoms with Crippen molar-refractivity contribution in [3.05, 3.63) is 36.5 Å². The number of nitrogens with one attached hydrogen (secondary N) is 1. The van der Waals surface area contributed by atoms with Crippen molar-refractivity contribution in [3.8, 4) is 0 Å². The molecule has 1 aromatic carbocycles. The van der Waals surface area contributed by atoms with E-state index in [0.717, 1.165) is 35.9 Å². The van der Waals surface area contributed by atoms with Crippen LogP contribution >= 0.6 is 0 Å². The van der Waals surface area contributed by atoms with Crippen LogP contribution in [-0.4, -0.2) is 16.4 Å². The van der Waals surface area contributed by atoms with Gasteiger partial charge in [-0.15, -0.1) is 0 Å². The van der Waals surface area contributed by atoms with Crippen LogP contribution in [-0.2, 0) is 4.79 Å². The Balaban J connectivity index is 1.84. The van der Waals surface area contributed by atoms with Crippen molar-refractivity contribution >= 4 is 22.5 Å². The fourth-order valence-electron chi connectivity index (χ4n) is 2.19. The Kier molecular flexibility index (Phi) is 2.52. The highest BCUT2D eigenvalue weighted by Gasteiger charge is 2.40. The van der Waals surface area contributed by atoms with E-state index in [0.29, 0.717) is 0 Å². The molecule has 1 aliphatic carbocycles. The summed E-state index contributed by atoms with van der Waals surface area (Å²) in [5, 5.41) is 3.89. The number of benzene rings is 1. The highest BCUT2D eigenvalue weighted by molar-refractivity contribution is 5.99. The summed E-state index contributed by atoms with van der Waals surface area (Å²) in [6.45, 7) is 0. The molecule has 1 amide bonds. The Labute approximate surface area is 105 Å². The molecule has 1 fully saturated rings. The van der Waals surface area contributed by atoms with E-state index in [4.69, 9.17) is 5.73 Å². The molecule has 1 aliphatic rings. The van der Waals surface area contributed by atoms with Crippen LogP contribution in [0.1, 0.15) is 19.3 Å². The lowest BCUT2D eigenvalue weighted by Crippen LogP contribution is -2.56. The average Bonchev–Trinajstić information content (AvgIpc) is 2.35. The van der Waals surface area contributed by atoms with Crippen molar-refractivity contribution in [2.75, 3.05) is 5.32 Å². The van der Waals surface area contributed by atoms with Gasteiger partial charge in [0.05, 0.1) is 11.1 Å². The normalized spacial score (nSPS) is 17.2. The maximum atomic E-state index is 12.0. The molecule has 0 spiro atoms. The zero-order valence-electron chi connectivity index (χ0n) is 10.0. The van der Waals surface area contributed by atoms with Gasteiger partial charge < -0.3 is 11.1 Å². The molecule has 0 saturated heterocycles. The van der Waals surface area contributed by atoms with Gasteiger partial charge in [-0.25, -0.2) is 0 Å². The topological polar surface area (TPSA) is 68.0 Å². The van der Waals surface area contributed by atoms with Crippen molar-refractivity contribution in [2.45, 2.75) is 24.8 Å². The number of hydrogen-bond donors (Lipinski definition) is 2. The summed E-state index contributed by atoms with van der Waals surface area (Å²) in [5.74, 6) is -0.0861. The highest BCUT2D eigenvalue weighted by atomic mass is 16.2. The zero-order chi connectivity index (χ0) is 12.6. The Bertz CT molecular complexity index is 605. The summed E-state index contributed by atoms with van der Waals surface area (Å²) in [6, 6.07) is 9.52. The largest absolute Gasteiger partial charge is 0.324 e. The number of nitrogens with zero attached hydrogens (tertiary/aromatic N) is 1. The number of nitrogens with two attached hydrogens (primary N) is 1. The number of amides is 1. The first-order valence-electron chi connectivity index (χ1n) is 6.13. The van der Waals surface area contributed by atoms with Crippen molar-refractivity contribution < 1.29 is 4.79 Å². The molecular weight excluding hydrogens is 226 g/mol. The second kappa shape index (κ2) is 4.07. The van der Waals surface area contributed by atoms with E-state index in [9.17, 15) is 4.79 Å². The molecule has 0 bridgehead atoms. The molecule has 4 nitrogen and oxygen atoms in total. The van der Waals surface area contributed by atoms with Crippen molar-refractivity contribution in [1.82, 2.24) is 4.98 Å². The number of anilines is 1. The number of pyridine rings is 1. The average molecular weight is 241 g/mol. The van der Waals surface area contributed by atoms with E-state index in [-0.39, 0.29) is 5.91 Å². The number of rotatable bonds is 2. The lowest BCUT2D eigenvalue weighted by Gasteiger charge is -2.36. The van der Waals surface area contributed by atoms with E-state index in [1.54, 1.807) is 6.20 Å². The van der Waals surface area contributed by atoms with E-state index in [1.807, 2.05) is 30.3 Å². The second-order valence-electron chi connectivity index (χ2n) is 4.87. The van der Waals surface area contributed by atoms with Crippen molar-refractivity contribution in [1.29, 1.82) is 0 Å². The van der Waals surface area contributed by atoms with Gasteiger partial charge in [-0.2, -0.15) is 0 Å². The summed E-state index contributed by atoms with van der Waals surface area (Å²) < 4.78 is 0. The fourth-order valence-corrected chi connectivity index (χ4v) is 2.19. The minimum absolute atomic E-state index is 0.0861. The monoisotopic (exact) mass is 241 g/mol. The first-order chi connectivity index (χ1) is 8.67. The third-order valence-corrected chi connectivity index (χ3v) is 3.56. The van der Waals surface area contributed by atoms with Crippen molar-refractivity contribution in [3.63, 3.8) is 0 Å². The Morgan fingerprint density at radius 2 is 2.17 bits per heavy atom. The molecule has 92 valence electrons. The van der Waals surface area contributed by atoms with Gasteiger partial charge >= 0.3 is 0 Å². The SMILES string of the molecule is NC1(C(=O)Nc2ccc3ncccc3c2)CCC1. The number of carbonyl (C=O) groups excluding carboxylic acids is 1. The van der Waals surface area contributed by atoms with E-state index < -0.39 is 5.54 Å². The molecule has 3 rings (SSSR count). The second-order valence-corrected chi connectivity index (χ2v) is 4.87. The summed E-state index contributed by atoms with van der Waals surface area (Å²) in [4.78, 5) is 16.2. The fraction of sp³-hybridized carbons (Fsp3) is 0.286. The molecule has 3 N–H and O–H groups in total. The van der Waals surface area contributed by atoms with Crippen LogP contribution in [0.15, 0.2) is 36.5 Å². The molecule has 2 aromatic rings. The molecule has 1 heterocycles. The van der Waals surface area contributed by atoms with Gasteiger partial charge in [-0.05, 0) is 43.5 Å². The zero-order valence-corrected chi connectivity index (χ0v) is 10.0. The molecule has 0 aliphatic heterocycles. The summed E-state index contributed by atoms with van der Waals surface area (Å²) >= 11 is 0. The van der Waals surface area contributed by atoms with Gasteiger partial charge in [-0.1, -0.05) is 6.07 Å². The predicted molar refractivity (Wildman–Crippen MR) is 71.1 cm³/mol. The van der Waals surface area contributed by atoms with Crippen LogP contribution in [0.25, 0.3) is 10.9 Å². The van der Waals surface area contributed by atoms with Crippen LogP contribution < -0.4 is 11.1 Å². The van der Waals surface area contributed by atoms with Crippen LogP contribution in [0, 0.1) is 0 Å². The van der Waals surface area contributed by atoms with E-state index in [1.165, 1.54) is 0 Å². The molecule has 0 radical (unpaired) electrons. The van der Waals surface area contributed by atoms with Crippen LogP contribution in [0.3, 0.4) is 0 Å². The number of aromatic nitrogens is 1. The van der Waals surface area contributed by atoms with Gasteiger partial charge in [-0.3, -0.25) is 9.78 Å². The van der Waals surface area contributed by atoms with Gasteiger partial charge in [0.25, 0.3) is 0 Å². The number of carbonyl (C=O) groups is 1. The molecule has 4 heteroatoms. The summed E-state index contributed by atoms with van der Waals surface area (Å²) in [7, 11) is 0. The maximum absolute atomic E-state index is 12.0. The predicted octanol–water partition coefficient (Wildman–Crippen LogP) is 2.05. The first-order valence-corrected chi connectivity index (χ1v) is 6.13. The Morgan fingerprint density at radius 1 is 1.33 bits per heavy atom. The van der Waals surface area contributed by atoms with Gasteiger partial charge in [0.15, 0.2) is 0 Å². The van der Waals surface area contributed by atoms with Crippen LogP contribution in [0.4, 0.5) is 5.69 Å². The molecule has 0 atom stereocenters. The lowest BCUT2D eigenvalue weighted by atomic mass is 9.77. The van der Waals surface area contributed by atoms with Gasteiger partial charge in [0.2, 0.25) is 5.91 Å². The molecular formula is C14H15N3O. The van der Waals surface area contributed by atoms with Gasteiger partial charge in [0.1, 0.15) is 0 Å². The molecule has 0 unspecified atom stereocenters. The summed E-state index contributed by atoms with van der Waals surface area (Å²) in [5.41, 5.74) is 7.01. The third-order valence-electron chi connectivity index (χ3n) is 3.56. The number of hydrogen-bond acceptors (Lipinski definition) is 3. The quantitative estimate of drug-likeness (QED) is 0.845. The first kappa shape index (κ1) is 11.2. The Morgan fingerprint density at radius 3 is 2.89 bits per heavy atom. The molecule has 18 heavy (non-hydrogen) atoms. The third kappa shape index (κ3) is 1.84. The Hall–Kier alpha value is -1.94. The lowest BCUT2D eigenvalue weighted by molar-refractivity contribution is -0.123. The molecule has 1 aromatic heterocycles. The highest BCUT2D eigenvalue weighted by Crippen LogP contribution is 2.30. The van der Waals surface area contributed by atoms with E-state index in [2.05, 4.69) is 10.3 Å². The van der Waals surface area contributed by atoms with Crippen LogP contribution in [0.2, 0.25) is 0 Å². The minimum Gasteiger partial charge on any atom is -0.324 e. The smallest absolute Gasteiger partial charge is 0.244 e. The minimum atomic E-state index is -0.663. The number of fused-ring (bicyclic) bond motifs is 1. The molecule has 1 saturated carbocycles. The maximum Gasteiger partial charge on any atom is 0.244 e. The summed E-state index contributed by atoms with van der Waals surface area (Å²) in [6.07, 6.45) is 4.33. The van der Waals surface area contributed by atoms with E-state index >= 15 is 0 Å². The van der Waals surface area contributed by atoms with Crippen LogP contribution in [0.5, 0.6) is 0 Å².